The normalized spacial score (nSPS) is 13.3. The number of aromatic nitrogens is 2. The van der Waals surface area contributed by atoms with Gasteiger partial charge in [0.2, 0.25) is 0 Å². The van der Waals surface area contributed by atoms with Crippen LogP contribution in [0.4, 0.5) is 18.0 Å². The van der Waals surface area contributed by atoms with Crippen LogP contribution in [0.3, 0.4) is 0 Å². The molecule has 9 heteroatoms. The van der Waals surface area contributed by atoms with Crippen molar-refractivity contribution in [1.82, 2.24) is 19.4 Å². The SMILES string of the molecule is CN(C)C(=O)N(CCC(N)CF)[C@@H](c1nc(-c2cc(F)ccc2F)cn1Cc1ccccc1)C(C)(C)C. The Bertz CT molecular complexity index is 1190. The predicted molar refractivity (Wildman–Crippen MR) is 140 cm³/mol. The fourth-order valence-corrected chi connectivity index (χ4v) is 4.35. The van der Waals surface area contributed by atoms with E-state index in [2.05, 4.69) is 0 Å². The molecule has 1 aromatic heterocycles. The Hall–Kier alpha value is -3.33. The first-order chi connectivity index (χ1) is 17.4. The van der Waals surface area contributed by atoms with E-state index in [-0.39, 0.29) is 30.3 Å². The van der Waals surface area contributed by atoms with Gasteiger partial charge in [0.1, 0.15) is 24.1 Å². The van der Waals surface area contributed by atoms with Crippen LogP contribution in [-0.2, 0) is 6.54 Å². The lowest BCUT2D eigenvalue weighted by Crippen LogP contribution is -2.48. The molecule has 2 aromatic carbocycles. The number of urea groups is 1. The summed E-state index contributed by atoms with van der Waals surface area (Å²) in [5, 5.41) is 0. The standard InChI is InChI=1S/C28H36F3N5O/c1-28(2,3)25(36(27(37)34(4)5)14-13-21(32)16-29)26-33-24(22-15-20(30)11-12-23(22)31)18-35(26)17-19-9-7-6-8-10-19/h6-12,15,18,21,25H,13-14,16-17,32H2,1-5H3/t21?,25-/m0/s1. The van der Waals surface area contributed by atoms with Crippen LogP contribution in [0.25, 0.3) is 11.3 Å². The average molecular weight is 516 g/mol. The molecule has 0 bridgehead atoms. The number of imidazole rings is 1. The number of alkyl halides is 1. The van der Waals surface area contributed by atoms with E-state index in [1.807, 2.05) is 55.7 Å². The van der Waals surface area contributed by atoms with Crippen LogP contribution in [0.1, 0.15) is 44.6 Å². The minimum atomic E-state index is -0.709. The molecule has 3 aromatic rings. The molecule has 1 heterocycles. The lowest BCUT2D eigenvalue weighted by atomic mass is 9.84. The first-order valence-corrected chi connectivity index (χ1v) is 12.3. The summed E-state index contributed by atoms with van der Waals surface area (Å²) in [7, 11) is 3.29. The summed E-state index contributed by atoms with van der Waals surface area (Å²) in [6.07, 6.45) is 1.94. The molecule has 2 amide bonds. The molecule has 0 aliphatic rings. The lowest BCUT2D eigenvalue weighted by molar-refractivity contribution is 0.0899. The van der Waals surface area contributed by atoms with Gasteiger partial charge in [0, 0.05) is 45.0 Å². The van der Waals surface area contributed by atoms with Gasteiger partial charge in [0.05, 0.1) is 11.7 Å². The van der Waals surface area contributed by atoms with E-state index in [1.54, 1.807) is 25.2 Å². The fourth-order valence-electron chi connectivity index (χ4n) is 4.35. The van der Waals surface area contributed by atoms with Crippen molar-refractivity contribution in [2.75, 3.05) is 27.3 Å². The van der Waals surface area contributed by atoms with Crippen molar-refractivity contribution in [2.45, 2.75) is 45.8 Å². The molecule has 0 aliphatic carbocycles. The number of nitrogens with two attached hydrogens (primary N) is 1. The first-order valence-electron chi connectivity index (χ1n) is 12.3. The van der Waals surface area contributed by atoms with E-state index < -0.39 is 35.8 Å². The predicted octanol–water partition coefficient (Wildman–Crippen LogP) is 5.63. The van der Waals surface area contributed by atoms with Crippen LogP contribution in [0.2, 0.25) is 0 Å². The molecule has 0 fully saturated rings. The minimum Gasteiger partial charge on any atom is -0.331 e. The Morgan fingerprint density at radius 3 is 2.38 bits per heavy atom. The molecule has 0 aliphatic heterocycles. The lowest BCUT2D eigenvalue weighted by Gasteiger charge is -2.41. The van der Waals surface area contributed by atoms with Gasteiger partial charge in [0.25, 0.3) is 0 Å². The third-order valence-corrected chi connectivity index (χ3v) is 6.15. The zero-order valence-corrected chi connectivity index (χ0v) is 22.1. The summed E-state index contributed by atoms with van der Waals surface area (Å²) in [4.78, 5) is 21.3. The summed E-state index contributed by atoms with van der Waals surface area (Å²) in [5.41, 5.74) is 6.61. The molecular formula is C28H36F3N5O. The number of rotatable bonds is 9. The van der Waals surface area contributed by atoms with E-state index >= 15 is 0 Å². The second kappa shape index (κ2) is 11.8. The molecule has 2 N–H and O–H groups in total. The maximum absolute atomic E-state index is 14.8. The zero-order chi connectivity index (χ0) is 27.3. The van der Waals surface area contributed by atoms with Crippen molar-refractivity contribution < 1.29 is 18.0 Å². The number of nitrogens with zero attached hydrogens (tertiary/aromatic N) is 4. The molecule has 200 valence electrons. The summed E-state index contributed by atoms with van der Waals surface area (Å²) < 4.78 is 43.9. The number of hydrogen-bond donors (Lipinski definition) is 1. The van der Waals surface area contributed by atoms with Gasteiger partial charge in [0.15, 0.2) is 0 Å². The molecule has 0 spiro atoms. The van der Waals surface area contributed by atoms with Crippen LogP contribution >= 0.6 is 0 Å². The van der Waals surface area contributed by atoms with E-state index in [1.165, 1.54) is 4.90 Å². The number of carbonyl (C=O) groups excluding carboxylic acids is 1. The summed E-state index contributed by atoms with van der Waals surface area (Å²) in [6, 6.07) is 11.3. The largest absolute Gasteiger partial charge is 0.331 e. The zero-order valence-electron chi connectivity index (χ0n) is 22.1. The van der Waals surface area contributed by atoms with Gasteiger partial charge in [-0.1, -0.05) is 51.1 Å². The third kappa shape index (κ3) is 6.91. The Morgan fingerprint density at radius 1 is 1.11 bits per heavy atom. The smallest absolute Gasteiger partial charge is 0.320 e. The van der Waals surface area contributed by atoms with Gasteiger partial charge in [-0.05, 0) is 35.6 Å². The minimum absolute atomic E-state index is 0.0330. The fraction of sp³-hybridized carbons (Fsp3) is 0.429. The quantitative estimate of drug-likeness (QED) is 0.401. The van der Waals surface area contributed by atoms with Crippen LogP contribution in [0, 0.1) is 17.0 Å². The van der Waals surface area contributed by atoms with Crippen molar-refractivity contribution >= 4 is 6.03 Å². The summed E-state index contributed by atoms with van der Waals surface area (Å²) in [6.45, 7) is 5.84. The van der Waals surface area contributed by atoms with Crippen molar-refractivity contribution in [3.8, 4) is 11.3 Å². The molecule has 2 atom stereocenters. The molecule has 1 unspecified atom stereocenters. The van der Waals surface area contributed by atoms with Crippen molar-refractivity contribution in [1.29, 1.82) is 0 Å². The Morgan fingerprint density at radius 2 is 1.78 bits per heavy atom. The van der Waals surface area contributed by atoms with Gasteiger partial charge in [-0.3, -0.25) is 0 Å². The molecule has 0 radical (unpaired) electrons. The second-order valence-corrected chi connectivity index (χ2v) is 10.6. The highest BCUT2D eigenvalue weighted by Gasteiger charge is 2.39. The average Bonchev–Trinajstić information content (AvgIpc) is 3.24. The summed E-state index contributed by atoms with van der Waals surface area (Å²) >= 11 is 0. The van der Waals surface area contributed by atoms with Crippen LogP contribution < -0.4 is 5.73 Å². The Balaban J connectivity index is 2.21. The van der Waals surface area contributed by atoms with Crippen LogP contribution in [-0.4, -0.2) is 58.7 Å². The monoisotopic (exact) mass is 515 g/mol. The van der Waals surface area contributed by atoms with Crippen LogP contribution in [0.15, 0.2) is 54.7 Å². The van der Waals surface area contributed by atoms with Gasteiger partial charge in [-0.2, -0.15) is 0 Å². The van der Waals surface area contributed by atoms with Crippen LogP contribution in [0.5, 0.6) is 0 Å². The molecule has 0 saturated heterocycles. The van der Waals surface area contributed by atoms with E-state index in [0.717, 1.165) is 23.8 Å². The first kappa shape index (κ1) is 28.2. The van der Waals surface area contributed by atoms with Crippen molar-refractivity contribution in [3.63, 3.8) is 0 Å². The van der Waals surface area contributed by atoms with E-state index in [4.69, 9.17) is 10.7 Å². The highest BCUT2D eigenvalue weighted by atomic mass is 19.1. The van der Waals surface area contributed by atoms with Gasteiger partial charge in [-0.15, -0.1) is 0 Å². The highest BCUT2D eigenvalue weighted by molar-refractivity contribution is 5.74. The number of halogens is 3. The molecule has 3 rings (SSSR count). The molecule has 6 nitrogen and oxygen atoms in total. The number of hydrogen-bond acceptors (Lipinski definition) is 3. The van der Waals surface area contributed by atoms with Gasteiger partial charge < -0.3 is 20.1 Å². The van der Waals surface area contributed by atoms with Gasteiger partial charge >= 0.3 is 6.03 Å². The number of amides is 2. The maximum atomic E-state index is 14.8. The van der Waals surface area contributed by atoms with E-state index in [9.17, 15) is 18.0 Å². The topological polar surface area (TPSA) is 67.4 Å². The van der Waals surface area contributed by atoms with Crippen molar-refractivity contribution in [2.24, 2.45) is 11.1 Å². The third-order valence-electron chi connectivity index (χ3n) is 6.15. The van der Waals surface area contributed by atoms with Crippen molar-refractivity contribution in [3.05, 3.63) is 77.8 Å². The molecule has 37 heavy (non-hydrogen) atoms. The van der Waals surface area contributed by atoms with Gasteiger partial charge in [-0.25, -0.2) is 22.9 Å². The van der Waals surface area contributed by atoms with E-state index in [0.29, 0.717) is 12.4 Å². The molecular weight excluding hydrogens is 479 g/mol. The second-order valence-electron chi connectivity index (χ2n) is 10.6. The Kier molecular flexibility index (Phi) is 9.02. The highest BCUT2D eigenvalue weighted by Crippen LogP contribution is 2.40. The summed E-state index contributed by atoms with van der Waals surface area (Å²) in [5.74, 6) is -0.661. The number of benzene rings is 2. The molecule has 0 saturated carbocycles. The maximum Gasteiger partial charge on any atom is 0.320 e. The number of carbonyl (C=O) groups is 1. The Labute approximate surface area is 216 Å².